The Bertz CT molecular complexity index is 1020. The number of anilines is 1. The van der Waals surface area contributed by atoms with Gasteiger partial charge >= 0.3 is 0 Å². The monoisotopic (exact) mass is 383 g/mol. The molecule has 0 aliphatic carbocycles. The van der Waals surface area contributed by atoms with Gasteiger partial charge in [0.2, 0.25) is 0 Å². The minimum absolute atomic E-state index is 0.200. The summed E-state index contributed by atoms with van der Waals surface area (Å²) in [4.78, 5) is 17.2. The zero-order chi connectivity index (χ0) is 19.7. The van der Waals surface area contributed by atoms with Crippen LogP contribution in [-0.2, 0) is 0 Å². The molecule has 3 heterocycles. The fraction of sp³-hybridized carbons (Fsp3) is 0.350. The van der Waals surface area contributed by atoms with Crippen LogP contribution < -0.4 is 15.4 Å². The minimum Gasteiger partial charge on any atom is -0.488 e. The third-order valence-electron chi connectivity index (χ3n) is 4.93. The van der Waals surface area contributed by atoms with Crippen LogP contribution in [0.3, 0.4) is 0 Å². The van der Waals surface area contributed by atoms with Crippen LogP contribution in [-0.4, -0.2) is 33.2 Å². The summed E-state index contributed by atoms with van der Waals surface area (Å²) in [6.45, 7) is 4.32. The van der Waals surface area contributed by atoms with Crippen LogP contribution >= 0.6 is 0 Å². The summed E-state index contributed by atoms with van der Waals surface area (Å²) in [6.07, 6.45) is 4.40. The number of halogens is 1. The molecular formula is C20H22FN5O2. The van der Waals surface area contributed by atoms with Gasteiger partial charge in [0.1, 0.15) is 29.1 Å². The number of ether oxygens (including phenoxy) is 1. The molecule has 0 saturated heterocycles. The second kappa shape index (κ2) is 7.46. The standard InChI is InChI=1S/C20H22FN5O2/c1-3-13-10-22-20(27)15-11-23-26-8-7-18(25-19(15)26)24-16(4-2)14-9-12(21)5-6-17(14)28-13/h5-9,11,13,16H,3-4,10H2,1-2H3,(H,22,27)(H,24,25)/t13-,16+/m0/s1. The molecule has 4 rings (SSSR count). The van der Waals surface area contributed by atoms with Crippen molar-refractivity contribution in [1.82, 2.24) is 19.9 Å². The summed E-state index contributed by atoms with van der Waals surface area (Å²) in [7, 11) is 0. The maximum absolute atomic E-state index is 14.0. The van der Waals surface area contributed by atoms with Crippen molar-refractivity contribution in [3.05, 3.63) is 53.6 Å². The molecule has 8 heteroatoms. The molecule has 1 aliphatic rings. The molecule has 1 aliphatic heterocycles. The van der Waals surface area contributed by atoms with Gasteiger partial charge in [0.25, 0.3) is 5.91 Å². The van der Waals surface area contributed by atoms with Gasteiger partial charge in [0, 0.05) is 11.8 Å². The highest BCUT2D eigenvalue weighted by Gasteiger charge is 2.22. The largest absolute Gasteiger partial charge is 0.488 e. The third-order valence-corrected chi connectivity index (χ3v) is 4.93. The Morgan fingerprint density at radius 1 is 1.29 bits per heavy atom. The lowest BCUT2D eigenvalue weighted by molar-refractivity contribution is 0.0927. The van der Waals surface area contributed by atoms with Gasteiger partial charge in [-0.25, -0.2) is 13.9 Å². The zero-order valence-electron chi connectivity index (χ0n) is 15.8. The first-order valence-electron chi connectivity index (χ1n) is 9.44. The number of rotatable bonds is 2. The molecule has 2 bridgehead atoms. The van der Waals surface area contributed by atoms with Crippen molar-refractivity contribution in [3.63, 3.8) is 0 Å². The van der Waals surface area contributed by atoms with E-state index in [1.165, 1.54) is 18.3 Å². The Labute approximate surface area is 161 Å². The summed E-state index contributed by atoms with van der Waals surface area (Å²) < 4.78 is 21.7. The molecule has 7 nitrogen and oxygen atoms in total. The van der Waals surface area contributed by atoms with Crippen LogP contribution in [0.15, 0.2) is 36.7 Å². The lowest BCUT2D eigenvalue weighted by Gasteiger charge is -2.24. The van der Waals surface area contributed by atoms with Gasteiger partial charge in [-0.15, -0.1) is 0 Å². The Morgan fingerprint density at radius 2 is 2.14 bits per heavy atom. The number of fused-ring (bicyclic) bond motifs is 2. The molecule has 1 amide bonds. The first-order valence-corrected chi connectivity index (χ1v) is 9.44. The molecule has 0 unspecified atom stereocenters. The van der Waals surface area contributed by atoms with Crippen molar-refractivity contribution in [2.45, 2.75) is 38.8 Å². The normalized spacial score (nSPS) is 19.6. The Balaban J connectivity index is 1.84. The van der Waals surface area contributed by atoms with Crippen molar-refractivity contribution in [2.75, 3.05) is 11.9 Å². The van der Waals surface area contributed by atoms with E-state index in [0.717, 1.165) is 5.56 Å². The fourth-order valence-corrected chi connectivity index (χ4v) is 3.34. The van der Waals surface area contributed by atoms with Gasteiger partial charge in [-0.05, 0) is 37.1 Å². The topological polar surface area (TPSA) is 80.6 Å². The van der Waals surface area contributed by atoms with Gasteiger partial charge in [-0.2, -0.15) is 5.10 Å². The predicted molar refractivity (Wildman–Crippen MR) is 103 cm³/mol. The molecule has 0 fully saturated rings. The molecular weight excluding hydrogens is 361 g/mol. The van der Waals surface area contributed by atoms with Crippen LogP contribution in [0.2, 0.25) is 0 Å². The SMILES string of the molecule is CC[C@H]1CNC(=O)c2cnn3ccc(nc23)N[C@H](CC)c2cc(F)ccc2O1. The van der Waals surface area contributed by atoms with E-state index in [9.17, 15) is 9.18 Å². The Kier molecular flexibility index (Phi) is 4.85. The van der Waals surface area contributed by atoms with Crippen molar-refractivity contribution >= 4 is 17.4 Å². The number of carbonyl (C=O) groups is 1. The minimum atomic E-state index is -0.324. The highest BCUT2D eigenvalue weighted by molar-refractivity contribution is 5.99. The van der Waals surface area contributed by atoms with Gasteiger partial charge in [0.05, 0.1) is 18.8 Å². The molecule has 0 radical (unpaired) electrons. The van der Waals surface area contributed by atoms with Crippen LogP contribution in [0, 0.1) is 5.82 Å². The molecule has 28 heavy (non-hydrogen) atoms. The van der Waals surface area contributed by atoms with Crippen molar-refractivity contribution in [1.29, 1.82) is 0 Å². The highest BCUT2D eigenvalue weighted by atomic mass is 19.1. The van der Waals surface area contributed by atoms with Gasteiger partial charge in [-0.1, -0.05) is 13.8 Å². The third kappa shape index (κ3) is 3.37. The fourth-order valence-electron chi connectivity index (χ4n) is 3.34. The van der Waals surface area contributed by atoms with E-state index < -0.39 is 0 Å². The number of aromatic nitrogens is 3. The van der Waals surface area contributed by atoms with Crippen molar-refractivity contribution in [3.8, 4) is 5.75 Å². The second-order valence-corrected chi connectivity index (χ2v) is 6.78. The summed E-state index contributed by atoms with van der Waals surface area (Å²) in [5, 5.41) is 10.4. The van der Waals surface area contributed by atoms with Gasteiger partial charge in [-0.3, -0.25) is 4.79 Å². The predicted octanol–water partition coefficient (Wildman–Crippen LogP) is 3.33. The number of hydrogen-bond acceptors (Lipinski definition) is 5. The average Bonchev–Trinajstić information content (AvgIpc) is 3.12. The molecule has 3 aromatic rings. The summed E-state index contributed by atoms with van der Waals surface area (Å²) in [5.74, 6) is 0.600. The summed E-state index contributed by atoms with van der Waals surface area (Å²) in [5.41, 5.74) is 1.58. The van der Waals surface area contributed by atoms with Crippen molar-refractivity contribution < 1.29 is 13.9 Å². The number of hydrogen-bond donors (Lipinski definition) is 2. The lowest BCUT2D eigenvalue weighted by atomic mass is 10.0. The van der Waals surface area contributed by atoms with Crippen LogP contribution in [0.1, 0.15) is 48.7 Å². The number of carbonyl (C=O) groups excluding carboxylic acids is 1. The van der Waals surface area contributed by atoms with Gasteiger partial charge in [0.15, 0.2) is 5.65 Å². The number of nitrogens with one attached hydrogen (secondary N) is 2. The van der Waals surface area contributed by atoms with Crippen molar-refractivity contribution in [2.24, 2.45) is 0 Å². The van der Waals surface area contributed by atoms with E-state index >= 15 is 0 Å². The van der Waals surface area contributed by atoms with E-state index in [1.807, 2.05) is 13.8 Å². The van der Waals surface area contributed by atoms with E-state index in [2.05, 4.69) is 20.7 Å². The molecule has 146 valence electrons. The van der Waals surface area contributed by atoms with E-state index in [0.29, 0.717) is 42.2 Å². The maximum Gasteiger partial charge on any atom is 0.256 e. The van der Waals surface area contributed by atoms with E-state index in [-0.39, 0.29) is 23.9 Å². The molecule has 2 atom stereocenters. The first kappa shape index (κ1) is 18.2. The second-order valence-electron chi connectivity index (χ2n) is 6.78. The number of benzene rings is 1. The smallest absolute Gasteiger partial charge is 0.256 e. The molecule has 2 aromatic heterocycles. The first-order chi connectivity index (χ1) is 13.6. The average molecular weight is 383 g/mol. The molecule has 0 spiro atoms. The van der Waals surface area contributed by atoms with Crippen LogP contribution in [0.5, 0.6) is 5.75 Å². The molecule has 0 saturated carbocycles. The number of nitrogens with zero attached hydrogens (tertiary/aromatic N) is 3. The van der Waals surface area contributed by atoms with Crippen LogP contribution in [0.4, 0.5) is 10.2 Å². The molecule has 1 aromatic carbocycles. The van der Waals surface area contributed by atoms with Crippen LogP contribution in [0.25, 0.3) is 5.65 Å². The molecule has 2 N–H and O–H groups in total. The Hall–Kier alpha value is -3.16. The lowest BCUT2D eigenvalue weighted by Crippen LogP contribution is -2.35. The maximum atomic E-state index is 14.0. The van der Waals surface area contributed by atoms with Gasteiger partial charge < -0.3 is 15.4 Å². The number of amides is 1. The Morgan fingerprint density at radius 3 is 2.93 bits per heavy atom. The summed E-state index contributed by atoms with van der Waals surface area (Å²) >= 11 is 0. The quantitative estimate of drug-likeness (QED) is 0.710. The van der Waals surface area contributed by atoms with E-state index in [1.54, 1.807) is 22.8 Å². The summed E-state index contributed by atoms with van der Waals surface area (Å²) in [6, 6.07) is 6.10. The zero-order valence-corrected chi connectivity index (χ0v) is 15.8. The van der Waals surface area contributed by atoms with E-state index in [4.69, 9.17) is 4.74 Å². The highest BCUT2D eigenvalue weighted by Crippen LogP contribution is 2.32.